The first-order valence-corrected chi connectivity index (χ1v) is 15.2. The maximum Gasteiger partial charge on any atom is 0.384 e. The van der Waals surface area contributed by atoms with Gasteiger partial charge in [0.2, 0.25) is 0 Å². The lowest BCUT2D eigenvalue weighted by molar-refractivity contribution is -0.136. The van der Waals surface area contributed by atoms with Crippen LogP contribution in [-0.4, -0.2) is 52.8 Å². The van der Waals surface area contributed by atoms with Gasteiger partial charge in [0.1, 0.15) is 17.3 Å². The van der Waals surface area contributed by atoms with Gasteiger partial charge < -0.3 is 23.5 Å². The van der Waals surface area contributed by atoms with E-state index in [1.807, 2.05) is 19.1 Å². The van der Waals surface area contributed by atoms with Gasteiger partial charge in [0.05, 0.1) is 37.1 Å². The van der Waals surface area contributed by atoms with Crippen LogP contribution in [0.3, 0.4) is 0 Å². The van der Waals surface area contributed by atoms with Crippen molar-refractivity contribution < 1.29 is 28.1 Å². The largest absolute Gasteiger partial charge is 0.456 e. The summed E-state index contributed by atoms with van der Waals surface area (Å²) in [4.78, 5) is 19.2. The third-order valence-electron chi connectivity index (χ3n) is 8.38. The first-order chi connectivity index (χ1) is 20.7. The maximum atomic E-state index is 14.8. The van der Waals surface area contributed by atoms with Gasteiger partial charge in [0.15, 0.2) is 11.5 Å². The molecule has 0 N–H and O–H groups in total. The van der Waals surface area contributed by atoms with Crippen LogP contribution < -0.4 is 9.47 Å². The van der Waals surface area contributed by atoms with Crippen molar-refractivity contribution in [2.75, 3.05) is 26.3 Å². The Morgan fingerprint density at radius 1 is 1.21 bits per heavy atom. The average molecular weight is 608 g/mol. The molecule has 2 saturated heterocycles. The van der Waals surface area contributed by atoms with E-state index in [0.29, 0.717) is 35.2 Å². The number of fused-ring (bicyclic) bond motifs is 1. The highest BCUT2D eigenvalue weighted by Gasteiger charge is 2.43. The van der Waals surface area contributed by atoms with E-state index in [2.05, 4.69) is 27.4 Å². The first-order valence-electron chi connectivity index (χ1n) is 14.8. The summed E-state index contributed by atoms with van der Waals surface area (Å²) in [6, 6.07) is 10.4. The summed E-state index contributed by atoms with van der Waals surface area (Å²) in [5.41, 5.74) is 2.90. The molecular weight excluding hydrogens is 573 g/mol. The van der Waals surface area contributed by atoms with Gasteiger partial charge in [0, 0.05) is 30.0 Å². The minimum absolute atomic E-state index is 0.121. The number of likely N-dealkylation sites (tertiary alicyclic amines) is 1. The Balaban J connectivity index is 1.16. The fourth-order valence-electron chi connectivity index (χ4n) is 6.06. The Bertz CT molecular complexity index is 1590. The number of hydrogen-bond acceptors (Lipinski definition) is 7. The third kappa shape index (κ3) is 6.10. The van der Waals surface area contributed by atoms with Crippen molar-refractivity contribution in [3.8, 4) is 23.3 Å². The van der Waals surface area contributed by atoms with E-state index in [0.717, 1.165) is 61.7 Å². The topological polar surface area (TPSA) is 75.0 Å². The molecule has 10 heteroatoms. The maximum absolute atomic E-state index is 14.8. The number of halogens is 2. The van der Waals surface area contributed by atoms with Gasteiger partial charge in [-0.15, -0.1) is 0 Å². The SMILES string of the molecule is CCOC(=O)C#Cc1c(C)nc(CN2CCC(c3cccc4c3O[C@@](C)(c3ccc(Cl)cc3F)O4)CC2)n1C[C@@H]1CCO1. The number of para-hydroxylation sites is 1. The van der Waals surface area contributed by atoms with Crippen molar-refractivity contribution in [3.63, 3.8) is 0 Å². The summed E-state index contributed by atoms with van der Waals surface area (Å²) in [5, 5.41) is 0.322. The second-order valence-electron chi connectivity index (χ2n) is 11.3. The molecule has 2 atom stereocenters. The van der Waals surface area contributed by atoms with Crippen LogP contribution in [0.1, 0.15) is 67.4 Å². The van der Waals surface area contributed by atoms with Crippen molar-refractivity contribution >= 4 is 17.6 Å². The van der Waals surface area contributed by atoms with E-state index < -0.39 is 17.6 Å². The monoisotopic (exact) mass is 607 g/mol. The lowest BCUT2D eigenvalue weighted by atomic mass is 9.88. The Morgan fingerprint density at radius 3 is 2.70 bits per heavy atom. The molecule has 0 radical (unpaired) electrons. The van der Waals surface area contributed by atoms with Crippen molar-refractivity contribution in [3.05, 3.63) is 75.6 Å². The molecule has 4 heterocycles. The summed E-state index contributed by atoms with van der Waals surface area (Å²) < 4.78 is 40.1. The zero-order valence-electron chi connectivity index (χ0n) is 24.6. The molecule has 43 heavy (non-hydrogen) atoms. The molecule has 3 aliphatic rings. The van der Waals surface area contributed by atoms with E-state index in [9.17, 15) is 9.18 Å². The number of benzene rings is 2. The fourth-order valence-corrected chi connectivity index (χ4v) is 6.21. The molecule has 0 spiro atoms. The molecule has 0 amide bonds. The predicted octanol–water partition coefficient (Wildman–Crippen LogP) is 5.71. The van der Waals surface area contributed by atoms with Crippen molar-refractivity contribution in [2.45, 2.75) is 70.9 Å². The van der Waals surface area contributed by atoms with E-state index in [1.165, 1.54) is 6.07 Å². The molecule has 3 aliphatic heterocycles. The van der Waals surface area contributed by atoms with Gasteiger partial charge in [-0.2, -0.15) is 0 Å². The van der Waals surface area contributed by atoms with Crippen LogP contribution in [0.2, 0.25) is 5.02 Å². The normalized spacial score (nSPS) is 21.7. The molecule has 2 aromatic carbocycles. The van der Waals surface area contributed by atoms with Gasteiger partial charge in [-0.3, -0.25) is 4.90 Å². The highest BCUT2D eigenvalue weighted by atomic mass is 35.5. The fraction of sp³-hybridized carbons (Fsp3) is 0.455. The van der Waals surface area contributed by atoms with E-state index in [-0.39, 0.29) is 18.6 Å². The van der Waals surface area contributed by atoms with E-state index >= 15 is 0 Å². The average Bonchev–Trinajstić information content (AvgIpc) is 3.45. The van der Waals surface area contributed by atoms with Crippen LogP contribution in [0.15, 0.2) is 36.4 Å². The van der Waals surface area contributed by atoms with Crippen LogP contribution in [0.25, 0.3) is 0 Å². The number of imidazole rings is 1. The number of ether oxygens (including phenoxy) is 4. The number of hydrogen-bond donors (Lipinski definition) is 0. The Morgan fingerprint density at radius 2 is 2.00 bits per heavy atom. The molecule has 2 fully saturated rings. The molecule has 1 aromatic heterocycles. The molecular formula is C33H35ClFN3O5. The minimum Gasteiger partial charge on any atom is -0.456 e. The summed E-state index contributed by atoms with van der Waals surface area (Å²) in [5.74, 6) is 5.78. The molecule has 8 nitrogen and oxygen atoms in total. The quantitative estimate of drug-likeness (QED) is 0.252. The molecule has 0 saturated carbocycles. The molecule has 0 bridgehead atoms. The van der Waals surface area contributed by atoms with E-state index in [4.69, 9.17) is 35.5 Å². The van der Waals surface area contributed by atoms with Crippen LogP contribution >= 0.6 is 11.6 Å². The first kappa shape index (κ1) is 29.5. The number of carbonyl (C=O) groups excluding carboxylic acids is 1. The molecule has 3 aromatic rings. The Labute approximate surface area is 256 Å². The van der Waals surface area contributed by atoms with Gasteiger partial charge >= 0.3 is 5.97 Å². The van der Waals surface area contributed by atoms with Crippen LogP contribution in [0, 0.1) is 24.6 Å². The summed E-state index contributed by atoms with van der Waals surface area (Å²) >= 11 is 5.97. The number of aromatic nitrogens is 2. The molecule has 226 valence electrons. The Hall–Kier alpha value is -3.58. The number of rotatable bonds is 7. The van der Waals surface area contributed by atoms with Gasteiger partial charge in [-0.1, -0.05) is 23.7 Å². The standard InChI is InChI=1S/C33H35ClFN3O5/c1-4-40-31(39)11-10-28-21(2)36-30(38(28)19-24-14-17-41-24)20-37-15-12-22(13-16-37)25-6-5-7-29-32(25)43-33(3,42-29)26-9-8-23(34)18-27(26)35/h5-9,18,22,24H,4,12-17,19-20H2,1-3H3/t24-,33-/m0/s1. The second-order valence-corrected chi connectivity index (χ2v) is 11.8. The number of esters is 1. The lowest BCUT2D eigenvalue weighted by Crippen LogP contribution is -2.35. The van der Waals surface area contributed by atoms with Gasteiger partial charge in [-0.25, -0.2) is 14.2 Å². The number of carbonyl (C=O) groups is 1. The Kier molecular flexibility index (Phi) is 8.36. The summed E-state index contributed by atoms with van der Waals surface area (Å²) in [6.07, 6.45) is 2.96. The number of nitrogens with zero attached hydrogens (tertiary/aromatic N) is 3. The van der Waals surface area contributed by atoms with Crippen molar-refractivity contribution in [1.29, 1.82) is 0 Å². The second kappa shape index (κ2) is 12.2. The highest BCUT2D eigenvalue weighted by Crippen LogP contribution is 2.49. The smallest absolute Gasteiger partial charge is 0.384 e. The number of aryl methyl sites for hydroxylation is 1. The summed E-state index contributed by atoms with van der Waals surface area (Å²) in [7, 11) is 0. The van der Waals surface area contributed by atoms with Gasteiger partial charge in [0.25, 0.3) is 5.79 Å². The van der Waals surface area contributed by atoms with Crippen LogP contribution in [0.4, 0.5) is 4.39 Å². The third-order valence-corrected chi connectivity index (χ3v) is 8.62. The van der Waals surface area contributed by atoms with Gasteiger partial charge in [-0.05, 0) is 82.3 Å². The molecule has 0 aliphatic carbocycles. The summed E-state index contributed by atoms with van der Waals surface area (Å²) in [6.45, 7) is 9.52. The molecule has 6 rings (SSSR count). The highest BCUT2D eigenvalue weighted by molar-refractivity contribution is 6.30. The molecule has 0 unspecified atom stereocenters. The number of piperidine rings is 1. The van der Waals surface area contributed by atoms with Crippen molar-refractivity contribution in [1.82, 2.24) is 14.5 Å². The zero-order valence-corrected chi connectivity index (χ0v) is 25.4. The zero-order chi connectivity index (χ0) is 30.1. The lowest BCUT2D eigenvalue weighted by Gasteiger charge is -2.33. The predicted molar refractivity (Wildman–Crippen MR) is 159 cm³/mol. The van der Waals surface area contributed by atoms with Crippen LogP contribution in [0.5, 0.6) is 11.5 Å². The van der Waals surface area contributed by atoms with Crippen LogP contribution in [-0.2, 0) is 33.1 Å². The van der Waals surface area contributed by atoms with Crippen molar-refractivity contribution in [2.24, 2.45) is 0 Å². The van der Waals surface area contributed by atoms with E-state index in [1.54, 1.807) is 26.0 Å². The minimum atomic E-state index is -1.28.